The van der Waals surface area contributed by atoms with Crippen molar-refractivity contribution < 1.29 is 14.3 Å². The maximum absolute atomic E-state index is 12.8. The molecule has 3 atom stereocenters. The Labute approximate surface area is 149 Å². The number of urea groups is 1. The number of aryl methyl sites for hydroxylation is 1. The topological polar surface area (TPSA) is 65.7 Å². The normalized spacial score (nSPS) is 21.9. The summed E-state index contributed by atoms with van der Waals surface area (Å²) < 4.78 is 6.08. The number of hydrogen-bond acceptors (Lipinski definition) is 3. The first-order valence-electron chi connectivity index (χ1n) is 9.06. The van der Waals surface area contributed by atoms with Crippen molar-refractivity contribution in [1.29, 1.82) is 0 Å². The van der Waals surface area contributed by atoms with Crippen molar-refractivity contribution in [2.45, 2.75) is 33.7 Å². The minimum absolute atomic E-state index is 0.0821. The standard InChI is InChI=1S/C20H28N2O3/c1-12(2)18(19-14(4)16-7-5-6-8-17(16)25-19)21-20(24)22-9-13(3)15(10-22)11-23/h5-8,12-13,15,18,23H,9-11H2,1-4H3,(H,21,24)/t13-,15+,18?/m1/s1. The van der Waals surface area contributed by atoms with Gasteiger partial charge in [0, 0.05) is 36.6 Å². The lowest BCUT2D eigenvalue weighted by molar-refractivity contribution is 0.188. The number of hydrogen-bond donors (Lipinski definition) is 2. The molecule has 5 nitrogen and oxygen atoms in total. The number of amides is 2. The van der Waals surface area contributed by atoms with E-state index in [0.717, 1.165) is 22.3 Å². The van der Waals surface area contributed by atoms with Gasteiger partial charge >= 0.3 is 6.03 Å². The third kappa shape index (κ3) is 3.38. The summed E-state index contributed by atoms with van der Waals surface area (Å²) in [5.74, 6) is 1.52. The van der Waals surface area contributed by atoms with E-state index in [1.165, 1.54) is 0 Å². The van der Waals surface area contributed by atoms with Crippen molar-refractivity contribution in [3.05, 3.63) is 35.6 Å². The molecule has 2 aromatic rings. The van der Waals surface area contributed by atoms with Gasteiger partial charge in [-0.15, -0.1) is 0 Å². The molecule has 2 heterocycles. The molecule has 1 fully saturated rings. The number of carbonyl (C=O) groups is 1. The van der Waals surface area contributed by atoms with E-state index in [9.17, 15) is 9.90 Å². The van der Waals surface area contributed by atoms with Crippen molar-refractivity contribution in [3.63, 3.8) is 0 Å². The van der Waals surface area contributed by atoms with E-state index >= 15 is 0 Å². The summed E-state index contributed by atoms with van der Waals surface area (Å²) in [4.78, 5) is 14.6. The van der Waals surface area contributed by atoms with Gasteiger partial charge in [0.05, 0.1) is 6.04 Å². The van der Waals surface area contributed by atoms with E-state index in [0.29, 0.717) is 19.0 Å². The quantitative estimate of drug-likeness (QED) is 0.888. The molecule has 0 saturated carbocycles. The lowest BCUT2D eigenvalue weighted by Gasteiger charge is -2.25. The number of benzene rings is 1. The number of fused-ring (bicyclic) bond motifs is 1. The molecule has 25 heavy (non-hydrogen) atoms. The number of para-hydroxylation sites is 1. The van der Waals surface area contributed by atoms with E-state index in [-0.39, 0.29) is 30.5 Å². The minimum atomic E-state index is -0.177. The van der Waals surface area contributed by atoms with Crippen LogP contribution in [0.25, 0.3) is 11.0 Å². The van der Waals surface area contributed by atoms with Crippen LogP contribution in [0.15, 0.2) is 28.7 Å². The maximum atomic E-state index is 12.8. The van der Waals surface area contributed by atoms with Crippen molar-refractivity contribution in [2.75, 3.05) is 19.7 Å². The highest BCUT2D eigenvalue weighted by Crippen LogP contribution is 2.33. The van der Waals surface area contributed by atoms with Gasteiger partial charge < -0.3 is 19.7 Å². The summed E-state index contributed by atoms with van der Waals surface area (Å²) in [7, 11) is 0. The van der Waals surface area contributed by atoms with Gasteiger partial charge in [0.1, 0.15) is 11.3 Å². The third-order valence-electron chi connectivity index (χ3n) is 5.40. The van der Waals surface area contributed by atoms with Gasteiger partial charge in [-0.25, -0.2) is 4.79 Å². The van der Waals surface area contributed by atoms with Gasteiger partial charge in [-0.1, -0.05) is 39.0 Å². The van der Waals surface area contributed by atoms with Crippen molar-refractivity contribution in [1.82, 2.24) is 10.2 Å². The molecule has 0 aliphatic carbocycles. The maximum Gasteiger partial charge on any atom is 0.318 e. The highest BCUT2D eigenvalue weighted by molar-refractivity contribution is 5.82. The van der Waals surface area contributed by atoms with Crippen molar-refractivity contribution in [2.24, 2.45) is 17.8 Å². The van der Waals surface area contributed by atoms with Gasteiger partial charge in [-0.2, -0.15) is 0 Å². The van der Waals surface area contributed by atoms with Crippen molar-refractivity contribution >= 4 is 17.0 Å². The smallest absolute Gasteiger partial charge is 0.318 e. The molecule has 0 bridgehead atoms. The summed E-state index contributed by atoms with van der Waals surface area (Å²) in [5.41, 5.74) is 1.93. The Morgan fingerprint density at radius 2 is 2.08 bits per heavy atom. The van der Waals surface area contributed by atoms with Crippen LogP contribution in [0.1, 0.15) is 38.1 Å². The van der Waals surface area contributed by atoms with E-state index < -0.39 is 0 Å². The van der Waals surface area contributed by atoms with Crippen LogP contribution in [0.3, 0.4) is 0 Å². The highest BCUT2D eigenvalue weighted by atomic mass is 16.3. The molecule has 1 aromatic carbocycles. The van der Waals surface area contributed by atoms with Gasteiger partial charge in [-0.05, 0) is 24.8 Å². The third-order valence-corrected chi connectivity index (χ3v) is 5.40. The molecule has 1 aromatic heterocycles. The van der Waals surface area contributed by atoms with Crippen LogP contribution in [-0.4, -0.2) is 35.7 Å². The van der Waals surface area contributed by atoms with Crippen LogP contribution < -0.4 is 5.32 Å². The molecule has 1 aliphatic rings. The van der Waals surface area contributed by atoms with E-state index in [1.54, 1.807) is 4.90 Å². The number of likely N-dealkylation sites (tertiary alicyclic amines) is 1. The summed E-state index contributed by atoms with van der Waals surface area (Å²) >= 11 is 0. The average molecular weight is 344 g/mol. The SMILES string of the molecule is Cc1c(C(NC(=O)N2C[C@@H](CO)[C@H](C)C2)C(C)C)oc2ccccc12. The molecular formula is C20H28N2O3. The predicted octanol–water partition coefficient (Wildman–Crippen LogP) is 3.71. The van der Waals surface area contributed by atoms with Crippen molar-refractivity contribution in [3.8, 4) is 0 Å². The number of aliphatic hydroxyl groups excluding tert-OH is 1. The fourth-order valence-electron chi connectivity index (χ4n) is 3.69. The zero-order valence-corrected chi connectivity index (χ0v) is 15.5. The second-order valence-electron chi connectivity index (χ2n) is 7.58. The Morgan fingerprint density at radius 1 is 1.36 bits per heavy atom. The van der Waals surface area contributed by atoms with Crippen LogP contribution in [0.5, 0.6) is 0 Å². The molecule has 3 rings (SSSR count). The van der Waals surface area contributed by atoms with Gasteiger partial charge in [0.25, 0.3) is 0 Å². The molecule has 136 valence electrons. The zero-order chi connectivity index (χ0) is 18.1. The van der Waals surface area contributed by atoms with Crippen LogP contribution in [0.2, 0.25) is 0 Å². The Morgan fingerprint density at radius 3 is 2.68 bits per heavy atom. The van der Waals surface area contributed by atoms with Crippen LogP contribution in [-0.2, 0) is 0 Å². The molecular weight excluding hydrogens is 316 g/mol. The predicted molar refractivity (Wildman–Crippen MR) is 98.4 cm³/mol. The van der Waals surface area contributed by atoms with Gasteiger partial charge in [0.15, 0.2) is 0 Å². The Bertz CT molecular complexity index is 752. The summed E-state index contributed by atoms with van der Waals surface area (Å²) in [5, 5.41) is 13.7. The number of carbonyl (C=O) groups excluding carboxylic acids is 1. The number of furan rings is 1. The van der Waals surface area contributed by atoms with E-state index in [2.05, 4.69) is 26.1 Å². The first kappa shape index (κ1) is 17.8. The molecule has 2 amide bonds. The molecule has 1 unspecified atom stereocenters. The lowest BCUT2D eigenvalue weighted by Crippen LogP contribution is -2.42. The van der Waals surface area contributed by atoms with E-state index in [1.807, 2.05) is 31.2 Å². The molecule has 0 spiro atoms. The number of nitrogens with zero attached hydrogens (tertiary/aromatic N) is 1. The van der Waals surface area contributed by atoms with Crippen LogP contribution in [0.4, 0.5) is 4.79 Å². The highest BCUT2D eigenvalue weighted by Gasteiger charge is 2.34. The van der Waals surface area contributed by atoms with E-state index in [4.69, 9.17) is 4.42 Å². The molecule has 0 radical (unpaired) electrons. The Balaban J connectivity index is 1.82. The minimum Gasteiger partial charge on any atom is -0.459 e. The second kappa shape index (κ2) is 7.08. The molecule has 1 aliphatic heterocycles. The summed E-state index contributed by atoms with van der Waals surface area (Å²) in [6.45, 7) is 9.71. The fraction of sp³-hybridized carbons (Fsp3) is 0.550. The molecule has 5 heteroatoms. The van der Waals surface area contributed by atoms with Gasteiger partial charge in [0.2, 0.25) is 0 Å². The fourth-order valence-corrected chi connectivity index (χ4v) is 3.69. The zero-order valence-electron chi connectivity index (χ0n) is 15.5. The van der Waals surface area contributed by atoms with Crippen LogP contribution in [0, 0.1) is 24.7 Å². The van der Waals surface area contributed by atoms with Crippen LogP contribution >= 0.6 is 0 Å². The molecule has 1 saturated heterocycles. The Kier molecular flexibility index (Phi) is 5.04. The number of nitrogens with one attached hydrogen (secondary N) is 1. The summed E-state index contributed by atoms with van der Waals surface area (Å²) in [6, 6.07) is 7.70. The number of aliphatic hydroxyl groups is 1. The Hall–Kier alpha value is -2.01. The van der Waals surface area contributed by atoms with Gasteiger partial charge in [-0.3, -0.25) is 0 Å². The molecule has 2 N–H and O–H groups in total. The monoisotopic (exact) mass is 344 g/mol. The second-order valence-corrected chi connectivity index (χ2v) is 7.58. The summed E-state index contributed by atoms with van der Waals surface area (Å²) in [6.07, 6.45) is 0. The first-order chi connectivity index (χ1) is 11.9. The average Bonchev–Trinajstić information content (AvgIpc) is 3.13. The lowest BCUT2D eigenvalue weighted by atomic mass is 9.98. The number of rotatable bonds is 4. The first-order valence-corrected chi connectivity index (χ1v) is 9.06. The largest absolute Gasteiger partial charge is 0.459 e.